The van der Waals surface area contributed by atoms with Gasteiger partial charge >= 0.3 is 5.97 Å². The van der Waals surface area contributed by atoms with Gasteiger partial charge in [-0.15, -0.1) is 0 Å². The molecule has 1 fully saturated rings. The zero-order chi connectivity index (χ0) is 26.5. The largest absolute Gasteiger partial charge is 0.466 e. The number of nitrogens with zero attached hydrogens (tertiary/aromatic N) is 1. The Morgan fingerprint density at radius 3 is 2.58 bits per heavy atom. The van der Waals surface area contributed by atoms with Crippen molar-refractivity contribution in [1.82, 2.24) is 5.16 Å². The van der Waals surface area contributed by atoms with E-state index in [4.69, 9.17) is 14.0 Å². The Labute approximate surface area is 224 Å². The van der Waals surface area contributed by atoms with Gasteiger partial charge in [0.05, 0.1) is 18.6 Å². The molecule has 1 saturated carbocycles. The monoisotopic (exact) mass is 509 g/mol. The molecule has 196 valence electrons. The van der Waals surface area contributed by atoms with Crippen LogP contribution in [-0.4, -0.2) is 24.8 Å². The van der Waals surface area contributed by atoms with Gasteiger partial charge in [-0.05, 0) is 85.9 Å². The molecule has 5 nitrogen and oxygen atoms in total. The Balaban J connectivity index is 1.31. The number of ether oxygens (including phenoxy) is 2. The number of methoxy groups -OCH3 is 1. The molecule has 5 rings (SSSR count). The first-order valence-electron chi connectivity index (χ1n) is 13.4. The summed E-state index contributed by atoms with van der Waals surface area (Å²) in [6.45, 7) is 4.96. The Kier molecular flexibility index (Phi) is 7.75. The topological polar surface area (TPSA) is 61.6 Å². The van der Waals surface area contributed by atoms with E-state index in [-0.39, 0.29) is 11.4 Å². The van der Waals surface area contributed by atoms with Gasteiger partial charge in [0, 0.05) is 24.3 Å². The van der Waals surface area contributed by atoms with Crippen LogP contribution in [-0.2, 0) is 27.3 Å². The summed E-state index contributed by atoms with van der Waals surface area (Å²) in [5.74, 6) is 0.702. The van der Waals surface area contributed by atoms with Gasteiger partial charge in [-0.25, -0.2) is 0 Å². The van der Waals surface area contributed by atoms with E-state index in [1.807, 2.05) is 13.0 Å². The minimum atomic E-state index is -0.231. The smallest absolute Gasteiger partial charge is 0.312 e. The Morgan fingerprint density at radius 2 is 1.82 bits per heavy atom. The first-order chi connectivity index (χ1) is 18.5. The summed E-state index contributed by atoms with van der Waals surface area (Å²) in [5, 5.41) is 4.38. The van der Waals surface area contributed by atoms with Crippen LogP contribution in [0.15, 0.2) is 77.3 Å². The van der Waals surface area contributed by atoms with Gasteiger partial charge in [-0.3, -0.25) is 4.79 Å². The van der Waals surface area contributed by atoms with E-state index in [0.717, 1.165) is 65.8 Å². The predicted octanol–water partition coefficient (Wildman–Crippen LogP) is 7.80. The highest BCUT2D eigenvalue weighted by atomic mass is 16.5. The fraction of sp³-hybridized carbons (Fsp3) is 0.333. The second-order valence-corrected chi connectivity index (χ2v) is 10.3. The van der Waals surface area contributed by atoms with Crippen molar-refractivity contribution in [3.8, 4) is 33.7 Å². The zero-order valence-electron chi connectivity index (χ0n) is 22.5. The summed E-state index contributed by atoms with van der Waals surface area (Å²) in [6.07, 6.45) is 4.66. The molecular formula is C33H35NO4. The molecule has 0 saturated heterocycles. The molecule has 0 spiro atoms. The van der Waals surface area contributed by atoms with Crippen LogP contribution in [0.4, 0.5) is 0 Å². The van der Waals surface area contributed by atoms with Crippen molar-refractivity contribution in [2.45, 2.75) is 52.6 Å². The van der Waals surface area contributed by atoms with Gasteiger partial charge in [-0.1, -0.05) is 59.8 Å². The minimum Gasteiger partial charge on any atom is -0.466 e. The number of esters is 1. The fourth-order valence-corrected chi connectivity index (χ4v) is 5.22. The third kappa shape index (κ3) is 5.58. The van der Waals surface area contributed by atoms with Gasteiger partial charge in [0.15, 0.2) is 5.76 Å². The van der Waals surface area contributed by atoms with E-state index in [9.17, 15) is 4.79 Å². The quantitative estimate of drug-likeness (QED) is 0.193. The van der Waals surface area contributed by atoms with Crippen LogP contribution in [0.1, 0.15) is 49.3 Å². The Bertz CT molecular complexity index is 1420. The third-order valence-electron chi connectivity index (χ3n) is 7.54. The van der Waals surface area contributed by atoms with Gasteiger partial charge in [-0.2, -0.15) is 0 Å². The predicted molar refractivity (Wildman–Crippen MR) is 149 cm³/mol. The molecular weight excluding hydrogens is 474 g/mol. The van der Waals surface area contributed by atoms with Crippen LogP contribution >= 0.6 is 0 Å². The van der Waals surface area contributed by atoms with E-state index in [1.54, 1.807) is 7.11 Å². The third-order valence-corrected chi connectivity index (χ3v) is 7.54. The van der Waals surface area contributed by atoms with Crippen molar-refractivity contribution < 1.29 is 18.8 Å². The number of rotatable bonds is 11. The summed E-state index contributed by atoms with van der Waals surface area (Å²) in [6, 6.07) is 25.2. The molecule has 0 bridgehead atoms. The normalized spacial score (nSPS) is 13.9. The number of hydrogen-bond donors (Lipinski definition) is 0. The summed E-state index contributed by atoms with van der Waals surface area (Å²) >= 11 is 0. The molecule has 0 aliphatic heterocycles. The van der Waals surface area contributed by atoms with Crippen molar-refractivity contribution in [2.75, 3.05) is 13.7 Å². The van der Waals surface area contributed by atoms with Crippen molar-refractivity contribution >= 4 is 5.97 Å². The second-order valence-electron chi connectivity index (χ2n) is 10.3. The number of hydrogen-bond acceptors (Lipinski definition) is 5. The van der Waals surface area contributed by atoms with Crippen molar-refractivity contribution in [1.29, 1.82) is 0 Å². The van der Waals surface area contributed by atoms with Crippen LogP contribution in [0.3, 0.4) is 0 Å². The number of carbonyl (C=O) groups excluding carboxylic acids is 1. The average molecular weight is 510 g/mol. The van der Waals surface area contributed by atoms with Gasteiger partial charge in [0.2, 0.25) is 0 Å². The molecule has 1 heterocycles. The lowest BCUT2D eigenvalue weighted by Gasteiger charge is -2.13. The maximum absolute atomic E-state index is 12.2. The summed E-state index contributed by atoms with van der Waals surface area (Å²) in [7, 11) is 1.72. The highest BCUT2D eigenvalue weighted by molar-refractivity contribution is 5.79. The number of aryl methyl sites for hydroxylation is 2. The van der Waals surface area contributed by atoms with Crippen LogP contribution in [0, 0.1) is 12.3 Å². The van der Waals surface area contributed by atoms with Crippen LogP contribution in [0.2, 0.25) is 0 Å². The van der Waals surface area contributed by atoms with Crippen LogP contribution in [0.25, 0.3) is 33.7 Å². The van der Waals surface area contributed by atoms with E-state index >= 15 is 0 Å². The van der Waals surface area contributed by atoms with Gasteiger partial charge in [0.25, 0.3) is 0 Å². The molecule has 0 N–H and O–H groups in total. The second kappa shape index (κ2) is 11.4. The zero-order valence-corrected chi connectivity index (χ0v) is 22.5. The molecule has 1 aromatic heterocycles. The molecule has 5 heteroatoms. The molecule has 38 heavy (non-hydrogen) atoms. The molecule has 4 aromatic rings. The standard InChI is InChI=1S/C33H35NO4/c1-4-37-32(35)33(17-18-33)16-8-11-24-10-7-12-25(19-24)30-21-31(38-34-30)26-14-15-29(27(20-26)22-36-3)28-13-6-5-9-23(28)2/h5-7,9-10,12-15,19-21H,4,8,11,16-18,22H2,1-3H3. The summed E-state index contributed by atoms with van der Waals surface area (Å²) in [5.41, 5.74) is 8.51. The van der Waals surface area contributed by atoms with E-state index < -0.39 is 0 Å². The Hall–Kier alpha value is -3.70. The van der Waals surface area contributed by atoms with Crippen LogP contribution < -0.4 is 0 Å². The molecule has 0 unspecified atom stereocenters. The fourth-order valence-electron chi connectivity index (χ4n) is 5.22. The minimum absolute atomic E-state index is 0.0236. The Morgan fingerprint density at radius 1 is 0.974 bits per heavy atom. The molecule has 1 aliphatic rings. The van der Waals surface area contributed by atoms with E-state index in [1.165, 1.54) is 16.7 Å². The molecule has 0 atom stereocenters. The molecule has 1 aliphatic carbocycles. The highest BCUT2D eigenvalue weighted by Gasteiger charge is 2.50. The summed E-state index contributed by atoms with van der Waals surface area (Å²) < 4.78 is 16.6. The SMILES string of the molecule is CCOC(=O)C1(CCCc2cccc(-c3cc(-c4ccc(-c5ccccc5C)c(COC)c4)on3)c2)CC1. The number of aromatic nitrogens is 1. The van der Waals surface area contributed by atoms with Crippen LogP contribution in [0.5, 0.6) is 0 Å². The lowest BCUT2D eigenvalue weighted by Crippen LogP contribution is -2.19. The van der Waals surface area contributed by atoms with Crippen molar-refractivity contribution in [3.05, 3.63) is 89.5 Å². The summed E-state index contributed by atoms with van der Waals surface area (Å²) in [4.78, 5) is 12.2. The molecule has 3 aromatic carbocycles. The maximum atomic E-state index is 12.2. The highest BCUT2D eigenvalue weighted by Crippen LogP contribution is 2.51. The lowest BCUT2D eigenvalue weighted by atomic mass is 9.94. The first kappa shape index (κ1) is 25.9. The molecule has 0 amide bonds. The van der Waals surface area contributed by atoms with E-state index in [0.29, 0.717) is 13.2 Å². The van der Waals surface area contributed by atoms with E-state index in [2.05, 4.69) is 78.8 Å². The maximum Gasteiger partial charge on any atom is 0.312 e. The lowest BCUT2D eigenvalue weighted by molar-refractivity contribution is -0.150. The molecule has 0 radical (unpaired) electrons. The first-order valence-corrected chi connectivity index (χ1v) is 13.4. The van der Waals surface area contributed by atoms with Gasteiger partial charge in [0.1, 0.15) is 5.69 Å². The number of carbonyl (C=O) groups is 1. The van der Waals surface area contributed by atoms with Crippen molar-refractivity contribution in [2.24, 2.45) is 5.41 Å². The van der Waals surface area contributed by atoms with Crippen molar-refractivity contribution in [3.63, 3.8) is 0 Å². The average Bonchev–Trinajstić information content (AvgIpc) is 3.55. The number of benzene rings is 3. The van der Waals surface area contributed by atoms with Gasteiger partial charge < -0.3 is 14.0 Å².